The molecule has 6 rings (SSSR count). The van der Waals surface area contributed by atoms with E-state index in [0.29, 0.717) is 5.11 Å². The molecule has 0 bridgehead atoms. The number of thiocarbonyl (C=S) groups is 1. The van der Waals surface area contributed by atoms with E-state index in [1.165, 1.54) is 12.1 Å². The SMILES string of the molecule is Cc1cccnc1-n1c(C)cc([C@H]2[C@@H](c3ccccn3)NC(=S)N2c2ccc(Sc3ccc([N+](=O)[O-])cc3)cc2)c1C. The lowest BCUT2D eigenvalue weighted by Gasteiger charge is -2.28. The van der Waals surface area contributed by atoms with Crippen LogP contribution in [-0.4, -0.2) is 24.6 Å². The van der Waals surface area contributed by atoms with Crippen LogP contribution >= 0.6 is 24.0 Å². The maximum absolute atomic E-state index is 11.0. The van der Waals surface area contributed by atoms with Crippen molar-refractivity contribution < 1.29 is 4.92 Å². The number of hydrogen-bond donors (Lipinski definition) is 1. The largest absolute Gasteiger partial charge is 0.351 e. The van der Waals surface area contributed by atoms with Gasteiger partial charge in [-0.1, -0.05) is 23.9 Å². The summed E-state index contributed by atoms with van der Waals surface area (Å²) in [7, 11) is 0. The van der Waals surface area contributed by atoms with Crippen LogP contribution in [0.15, 0.2) is 107 Å². The number of aryl methyl sites for hydroxylation is 2. The van der Waals surface area contributed by atoms with Crippen LogP contribution in [0, 0.1) is 30.9 Å². The number of anilines is 1. The molecule has 10 heteroatoms. The van der Waals surface area contributed by atoms with E-state index in [4.69, 9.17) is 22.2 Å². The molecule has 1 saturated heterocycles. The van der Waals surface area contributed by atoms with Crippen molar-refractivity contribution in [2.75, 3.05) is 4.90 Å². The molecule has 1 aliphatic heterocycles. The van der Waals surface area contributed by atoms with Crippen molar-refractivity contribution in [1.82, 2.24) is 19.9 Å². The third-order valence-corrected chi connectivity index (χ3v) is 8.81. The fourth-order valence-electron chi connectivity index (χ4n) is 5.52. The number of nitrogens with zero attached hydrogens (tertiary/aromatic N) is 5. The van der Waals surface area contributed by atoms with Gasteiger partial charge in [0, 0.05) is 51.4 Å². The molecule has 4 heterocycles. The number of hydrogen-bond acceptors (Lipinski definition) is 6. The monoisotopic (exact) mass is 592 g/mol. The van der Waals surface area contributed by atoms with Crippen LogP contribution in [0.1, 0.15) is 40.3 Å². The van der Waals surface area contributed by atoms with Crippen LogP contribution in [0.3, 0.4) is 0 Å². The summed E-state index contributed by atoms with van der Waals surface area (Å²) in [5.74, 6) is 0.917. The van der Waals surface area contributed by atoms with Gasteiger partial charge in [-0.3, -0.25) is 15.1 Å². The first-order valence-electron chi connectivity index (χ1n) is 13.5. The maximum Gasteiger partial charge on any atom is 0.269 e. The first-order chi connectivity index (χ1) is 20.3. The number of rotatable bonds is 7. The van der Waals surface area contributed by atoms with E-state index in [1.807, 2.05) is 36.7 Å². The fourth-order valence-corrected chi connectivity index (χ4v) is 6.68. The summed E-state index contributed by atoms with van der Waals surface area (Å²) in [6, 6.07) is 26.7. The first kappa shape index (κ1) is 27.6. The standard InChI is InChI=1S/C32H28N6O2S2/c1-20-7-6-18-34-31(20)36-21(2)19-27(22(36)3)30-29(28-8-4-5-17-33-28)35-32(41)37(30)23-9-13-25(14-10-23)42-26-15-11-24(12-16-26)38(39)40/h4-19,29-30H,1-3H3,(H,35,41)/t29-,30+/m1/s1. The fraction of sp³-hybridized carbons (Fsp3) is 0.156. The highest BCUT2D eigenvalue weighted by molar-refractivity contribution is 7.99. The van der Waals surface area contributed by atoms with E-state index in [0.717, 1.165) is 49.5 Å². The molecule has 8 nitrogen and oxygen atoms in total. The van der Waals surface area contributed by atoms with Crippen molar-refractivity contribution >= 4 is 40.5 Å². The molecule has 0 aliphatic carbocycles. The van der Waals surface area contributed by atoms with Crippen molar-refractivity contribution in [1.29, 1.82) is 0 Å². The number of aromatic nitrogens is 3. The lowest BCUT2D eigenvalue weighted by atomic mass is 9.96. The van der Waals surface area contributed by atoms with Gasteiger partial charge in [-0.25, -0.2) is 4.98 Å². The molecule has 0 unspecified atom stereocenters. The van der Waals surface area contributed by atoms with Gasteiger partial charge in [0.2, 0.25) is 0 Å². The molecule has 42 heavy (non-hydrogen) atoms. The zero-order valence-electron chi connectivity index (χ0n) is 23.3. The third kappa shape index (κ3) is 5.15. The summed E-state index contributed by atoms with van der Waals surface area (Å²) in [4.78, 5) is 24.1. The summed E-state index contributed by atoms with van der Waals surface area (Å²) < 4.78 is 2.21. The van der Waals surface area contributed by atoms with E-state index in [9.17, 15) is 10.1 Å². The normalized spacial score (nSPS) is 16.5. The molecule has 1 N–H and O–H groups in total. The summed E-state index contributed by atoms with van der Waals surface area (Å²) in [5.41, 5.74) is 6.39. The second-order valence-electron chi connectivity index (χ2n) is 10.1. The molecule has 0 saturated carbocycles. The van der Waals surface area contributed by atoms with E-state index in [-0.39, 0.29) is 22.7 Å². The van der Waals surface area contributed by atoms with Gasteiger partial charge < -0.3 is 14.8 Å². The van der Waals surface area contributed by atoms with Crippen LogP contribution < -0.4 is 10.2 Å². The summed E-state index contributed by atoms with van der Waals surface area (Å²) >= 11 is 7.50. The highest BCUT2D eigenvalue weighted by Gasteiger charge is 2.42. The molecule has 210 valence electrons. The third-order valence-electron chi connectivity index (χ3n) is 7.48. The average Bonchev–Trinajstić information content (AvgIpc) is 3.49. The minimum atomic E-state index is -0.389. The van der Waals surface area contributed by atoms with Gasteiger partial charge in [-0.15, -0.1) is 0 Å². The Labute approximate surface area is 253 Å². The van der Waals surface area contributed by atoms with Crippen LogP contribution in [0.5, 0.6) is 0 Å². The molecule has 3 aromatic heterocycles. The van der Waals surface area contributed by atoms with Crippen molar-refractivity contribution in [3.63, 3.8) is 0 Å². The topological polar surface area (TPSA) is 89.1 Å². The van der Waals surface area contributed by atoms with Crippen LogP contribution in [0.25, 0.3) is 5.82 Å². The number of nitro benzene ring substituents is 1. The molecule has 5 aromatic rings. The Kier molecular flexibility index (Phi) is 7.49. The predicted octanol–water partition coefficient (Wildman–Crippen LogP) is 7.43. The van der Waals surface area contributed by atoms with Gasteiger partial charge in [0.1, 0.15) is 5.82 Å². The van der Waals surface area contributed by atoms with E-state index in [1.54, 1.807) is 23.9 Å². The Hall–Kier alpha value is -4.54. The maximum atomic E-state index is 11.0. The molecule has 0 amide bonds. The Bertz CT molecular complexity index is 1770. The number of non-ortho nitro benzene ring substituents is 1. The highest BCUT2D eigenvalue weighted by atomic mass is 32.2. The van der Waals surface area contributed by atoms with Gasteiger partial charge >= 0.3 is 0 Å². The second kappa shape index (κ2) is 11.4. The molecule has 0 spiro atoms. The Morgan fingerprint density at radius 3 is 2.24 bits per heavy atom. The lowest BCUT2D eigenvalue weighted by molar-refractivity contribution is -0.384. The molecule has 1 fully saturated rings. The van der Waals surface area contributed by atoms with Crippen LogP contribution in [0.2, 0.25) is 0 Å². The molecular formula is C32H28N6O2S2. The number of benzene rings is 2. The predicted molar refractivity (Wildman–Crippen MR) is 169 cm³/mol. The molecule has 1 aliphatic rings. The highest BCUT2D eigenvalue weighted by Crippen LogP contribution is 2.44. The van der Waals surface area contributed by atoms with Gasteiger partial charge in [-0.2, -0.15) is 0 Å². The van der Waals surface area contributed by atoms with Crippen LogP contribution in [0.4, 0.5) is 11.4 Å². The minimum absolute atomic E-state index is 0.0795. The minimum Gasteiger partial charge on any atom is -0.351 e. The van der Waals surface area contributed by atoms with E-state index < -0.39 is 0 Å². The zero-order valence-corrected chi connectivity index (χ0v) is 24.9. The number of nitrogens with one attached hydrogen (secondary N) is 1. The van der Waals surface area contributed by atoms with E-state index >= 15 is 0 Å². The van der Waals surface area contributed by atoms with Gasteiger partial charge in [-0.05, 0) is 105 Å². The summed E-state index contributed by atoms with van der Waals surface area (Å²) in [6.07, 6.45) is 3.64. The van der Waals surface area contributed by atoms with E-state index in [2.05, 4.69) is 72.0 Å². The second-order valence-corrected chi connectivity index (χ2v) is 11.7. The van der Waals surface area contributed by atoms with Crippen molar-refractivity contribution in [3.8, 4) is 5.82 Å². The van der Waals surface area contributed by atoms with Gasteiger partial charge in [0.25, 0.3) is 5.69 Å². The molecule has 2 aromatic carbocycles. The van der Waals surface area contributed by atoms with Crippen LogP contribution in [-0.2, 0) is 0 Å². The smallest absolute Gasteiger partial charge is 0.269 e. The zero-order chi connectivity index (χ0) is 29.4. The Morgan fingerprint density at radius 1 is 0.905 bits per heavy atom. The quantitative estimate of drug-likeness (QED) is 0.119. The first-order valence-corrected chi connectivity index (χ1v) is 14.7. The van der Waals surface area contributed by atoms with Gasteiger partial charge in [0.15, 0.2) is 5.11 Å². The number of pyridine rings is 2. The molecular weight excluding hydrogens is 565 g/mol. The number of nitro groups is 1. The van der Waals surface area contributed by atoms with Gasteiger partial charge in [0.05, 0.1) is 22.7 Å². The average molecular weight is 593 g/mol. The Balaban J connectivity index is 1.38. The van der Waals surface area contributed by atoms with Crippen molar-refractivity contribution in [3.05, 3.63) is 136 Å². The Morgan fingerprint density at radius 2 is 1.60 bits per heavy atom. The molecule has 0 radical (unpaired) electrons. The van der Waals surface area contributed by atoms with Crippen molar-refractivity contribution in [2.45, 2.75) is 42.6 Å². The molecule has 2 atom stereocenters. The summed E-state index contributed by atoms with van der Waals surface area (Å²) in [5, 5.41) is 15.2. The van der Waals surface area contributed by atoms with Crippen molar-refractivity contribution in [2.24, 2.45) is 0 Å². The lowest BCUT2D eigenvalue weighted by Crippen LogP contribution is -2.29. The summed E-state index contributed by atoms with van der Waals surface area (Å²) in [6.45, 7) is 6.32.